The van der Waals surface area contributed by atoms with Gasteiger partial charge >= 0.3 is 0 Å². The standard InChI is InChI=1S/C21H23F2N5.HI/c1-2-25-21(26-13-16-6-3-5-15(11-16)12-24)27-17-9-10-28(14-17)20-18(22)7-4-8-19(20)23;/h3-8,11,17H,2,9-10,13-14H2,1H3,(H2,25,26,27);1H. The second kappa shape index (κ2) is 11.0. The van der Waals surface area contributed by atoms with E-state index in [4.69, 9.17) is 5.26 Å². The van der Waals surface area contributed by atoms with Gasteiger partial charge in [0.2, 0.25) is 0 Å². The molecule has 0 aliphatic carbocycles. The van der Waals surface area contributed by atoms with Crippen LogP contribution < -0.4 is 15.5 Å². The Labute approximate surface area is 186 Å². The first kappa shape index (κ1) is 22.9. The molecule has 2 aromatic rings. The lowest BCUT2D eigenvalue weighted by Gasteiger charge is -2.21. The van der Waals surface area contributed by atoms with E-state index in [0.29, 0.717) is 37.7 Å². The Morgan fingerprint density at radius 1 is 1.24 bits per heavy atom. The van der Waals surface area contributed by atoms with Crippen molar-refractivity contribution in [3.05, 3.63) is 65.2 Å². The zero-order valence-corrected chi connectivity index (χ0v) is 18.5. The van der Waals surface area contributed by atoms with Crippen molar-refractivity contribution in [2.24, 2.45) is 4.99 Å². The molecule has 2 aromatic carbocycles. The maximum Gasteiger partial charge on any atom is 0.191 e. The van der Waals surface area contributed by atoms with E-state index in [1.807, 2.05) is 25.1 Å². The van der Waals surface area contributed by atoms with Crippen LogP contribution in [0.4, 0.5) is 14.5 Å². The minimum atomic E-state index is -0.543. The van der Waals surface area contributed by atoms with Gasteiger partial charge in [-0.05, 0) is 43.2 Å². The van der Waals surface area contributed by atoms with Crippen molar-refractivity contribution in [1.82, 2.24) is 10.6 Å². The molecule has 154 valence electrons. The number of nitrogens with one attached hydrogen (secondary N) is 2. The number of nitriles is 1. The van der Waals surface area contributed by atoms with Crippen LogP contribution in [-0.2, 0) is 6.54 Å². The molecule has 5 nitrogen and oxygen atoms in total. The fourth-order valence-corrected chi connectivity index (χ4v) is 3.30. The molecular weight excluding hydrogens is 487 g/mol. The summed E-state index contributed by atoms with van der Waals surface area (Å²) >= 11 is 0. The number of benzene rings is 2. The molecule has 0 bridgehead atoms. The first-order chi connectivity index (χ1) is 13.6. The maximum absolute atomic E-state index is 14.0. The van der Waals surface area contributed by atoms with Crippen molar-refractivity contribution in [2.45, 2.75) is 25.9 Å². The Kier molecular flexibility index (Phi) is 8.64. The molecule has 0 amide bonds. The summed E-state index contributed by atoms with van der Waals surface area (Å²) in [4.78, 5) is 6.30. The minimum absolute atomic E-state index is 0. The predicted molar refractivity (Wildman–Crippen MR) is 121 cm³/mol. The zero-order chi connectivity index (χ0) is 19.9. The highest BCUT2D eigenvalue weighted by Gasteiger charge is 2.27. The number of guanidine groups is 1. The third-order valence-corrected chi connectivity index (χ3v) is 4.60. The van der Waals surface area contributed by atoms with E-state index in [2.05, 4.69) is 21.7 Å². The number of nitrogens with zero attached hydrogens (tertiary/aromatic N) is 3. The molecule has 0 aromatic heterocycles. The lowest BCUT2D eigenvalue weighted by atomic mass is 10.1. The van der Waals surface area contributed by atoms with Gasteiger partial charge in [-0.1, -0.05) is 18.2 Å². The number of hydrogen-bond acceptors (Lipinski definition) is 3. The van der Waals surface area contributed by atoms with Gasteiger partial charge in [0.05, 0.1) is 18.2 Å². The Balaban J connectivity index is 0.00000300. The van der Waals surface area contributed by atoms with Crippen molar-refractivity contribution in [2.75, 3.05) is 24.5 Å². The minimum Gasteiger partial charge on any atom is -0.365 e. The number of rotatable bonds is 5. The molecular formula is C21H24F2IN5. The molecule has 1 heterocycles. The van der Waals surface area contributed by atoms with Crippen molar-refractivity contribution in [3.8, 4) is 6.07 Å². The molecule has 1 aliphatic rings. The lowest BCUT2D eigenvalue weighted by molar-refractivity contribution is 0.576. The first-order valence-corrected chi connectivity index (χ1v) is 9.33. The first-order valence-electron chi connectivity index (χ1n) is 9.33. The highest BCUT2D eigenvalue weighted by atomic mass is 127. The van der Waals surface area contributed by atoms with E-state index >= 15 is 0 Å². The van der Waals surface area contributed by atoms with Gasteiger partial charge in [0, 0.05) is 25.7 Å². The average Bonchev–Trinajstić information content (AvgIpc) is 3.14. The summed E-state index contributed by atoms with van der Waals surface area (Å²) in [6.07, 6.45) is 0.752. The van der Waals surface area contributed by atoms with Crippen LogP contribution in [0.3, 0.4) is 0 Å². The van der Waals surface area contributed by atoms with Gasteiger partial charge in [0.15, 0.2) is 5.96 Å². The Hall–Kier alpha value is -2.41. The molecule has 0 spiro atoms. The largest absolute Gasteiger partial charge is 0.365 e. The van der Waals surface area contributed by atoms with E-state index < -0.39 is 11.6 Å². The van der Waals surface area contributed by atoms with Crippen LogP contribution in [0.1, 0.15) is 24.5 Å². The fourth-order valence-electron chi connectivity index (χ4n) is 3.30. The highest BCUT2D eigenvalue weighted by Crippen LogP contribution is 2.26. The van der Waals surface area contributed by atoms with E-state index in [0.717, 1.165) is 12.0 Å². The molecule has 1 aliphatic heterocycles. The van der Waals surface area contributed by atoms with Gasteiger partial charge < -0.3 is 15.5 Å². The molecule has 8 heteroatoms. The van der Waals surface area contributed by atoms with Crippen molar-refractivity contribution < 1.29 is 8.78 Å². The van der Waals surface area contributed by atoms with Crippen LogP contribution in [0.2, 0.25) is 0 Å². The van der Waals surface area contributed by atoms with Gasteiger partial charge in [-0.2, -0.15) is 5.26 Å². The summed E-state index contributed by atoms with van der Waals surface area (Å²) in [5.41, 5.74) is 1.57. The van der Waals surface area contributed by atoms with Gasteiger partial charge in [-0.25, -0.2) is 13.8 Å². The Morgan fingerprint density at radius 3 is 2.66 bits per heavy atom. The second-order valence-corrected chi connectivity index (χ2v) is 6.65. The summed E-state index contributed by atoms with van der Waals surface area (Å²) in [5.74, 6) is -0.442. The summed E-state index contributed by atoms with van der Waals surface area (Å²) in [6, 6.07) is 13.4. The van der Waals surface area contributed by atoms with E-state index in [-0.39, 0.29) is 35.7 Å². The topological polar surface area (TPSA) is 63.5 Å². The summed E-state index contributed by atoms with van der Waals surface area (Å²) < 4.78 is 28.0. The third-order valence-electron chi connectivity index (χ3n) is 4.60. The summed E-state index contributed by atoms with van der Waals surface area (Å²) in [5, 5.41) is 15.5. The molecule has 0 radical (unpaired) electrons. The number of hydrogen-bond donors (Lipinski definition) is 2. The molecule has 3 rings (SSSR count). The molecule has 1 unspecified atom stereocenters. The summed E-state index contributed by atoms with van der Waals surface area (Å²) in [6.45, 7) is 4.17. The van der Waals surface area contributed by atoms with Crippen LogP contribution in [0, 0.1) is 23.0 Å². The Morgan fingerprint density at radius 2 is 1.97 bits per heavy atom. The van der Waals surface area contributed by atoms with Crippen LogP contribution in [0.5, 0.6) is 0 Å². The van der Waals surface area contributed by atoms with Gasteiger partial charge in [-0.15, -0.1) is 24.0 Å². The normalized spacial score (nSPS) is 16.1. The number of halogens is 3. The monoisotopic (exact) mass is 511 g/mol. The Bertz CT molecular complexity index is 877. The van der Waals surface area contributed by atoms with E-state index in [9.17, 15) is 8.78 Å². The molecule has 1 saturated heterocycles. The molecule has 1 atom stereocenters. The number of aliphatic imine (C=N–C) groups is 1. The highest BCUT2D eigenvalue weighted by molar-refractivity contribution is 14.0. The third kappa shape index (κ3) is 6.03. The van der Waals surface area contributed by atoms with Crippen molar-refractivity contribution in [3.63, 3.8) is 0 Å². The lowest BCUT2D eigenvalue weighted by Crippen LogP contribution is -2.44. The van der Waals surface area contributed by atoms with Crippen LogP contribution in [0.15, 0.2) is 47.5 Å². The number of para-hydroxylation sites is 1. The van der Waals surface area contributed by atoms with Crippen LogP contribution >= 0.6 is 24.0 Å². The molecule has 0 saturated carbocycles. The smallest absolute Gasteiger partial charge is 0.191 e. The molecule has 29 heavy (non-hydrogen) atoms. The quantitative estimate of drug-likeness (QED) is 0.365. The predicted octanol–water partition coefficient (Wildman–Crippen LogP) is 3.79. The van der Waals surface area contributed by atoms with Gasteiger partial charge in [-0.3, -0.25) is 0 Å². The second-order valence-electron chi connectivity index (χ2n) is 6.65. The van der Waals surface area contributed by atoms with E-state index in [1.54, 1.807) is 11.0 Å². The van der Waals surface area contributed by atoms with Crippen molar-refractivity contribution >= 4 is 35.6 Å². The van der Waals surface area contributed by atoms with Crippen LogP contribution in [0.25, 0.3) is 0 Å². The van der Waals surface area contributed by atoms with Gasteiger partial charge in [0.25, 0.3) is 0 Å². The molecule has 1 fully saturated rings. The zero-order valence-electron chi connectivity index (χ0n) is 16.2. The fraction of sp³-hybridized carbons (Fsp3) is 0.333. The molecule has 2 N–H and O–H groups in total. The van der Waals surface area contributed by atoms with Crippen molar-refractivity contribution in [1.29, 1.82) is 5.26 Å². The van der Waals surface area contributed by atoms with Crippen LogP contribution in [-0.4, -0.2) is 31.6 Å². The summed E-state index contributed by atoms with van der Waals surface area (Å²) in [7, 11) is 0. The SMILES string of the molecule is CCNC(=NCc1cccc(C#N)c1)NC1CCN(c2c(F)cccc2F)C1.I. The maximum atomic E-state index is 14.0. The number of anilines is 1. The van der Waals surface area contributed by atoms with Gasteiger partial charge in [0.1, 0.15) is 17.3 Å². The van der Waals surface area contributed by atoms with E-state index in [1.165, 1.54) is 18.2 Å². The average molecular weight is 511 g/mol.